The summed E-state index contributed by atoms with van der Waals surface area (Å²) < 4.78 is 17.4. The van der Waals surface area contributed by atoms with Crippen LogP contribution in [-0.4, -0.2) is 50.3 Å². The van der Waals surface area contributed by atoms with Gasteiger partial charge in [0.15, 0.2) is 5.76 Å². The molecule has 0 N–H and O–H groups in total. The molecule has 2 aliphatic heterocycles. The molecule has 1 aromatic heterocycles. The average Bonchev–Trinajstić information content (AvgIpc) is 2.98. The van der Waals surface area contributed by atoms with E-state index in [0.29, 0.717) is 25.5 Å². The number of hydrogen-bond acceptors (Lipinski definition) is 4. The number of nitrogens with zero attached hydrogens (tertiary/aromatic N) is 1. The van der Waals surface area contributed by atoms with Crippen LogP contribution in [0.3, 0.4) is 0 Å². The van der Waals surface area contributed by atoms with Crippen LogP contribution in [0.25, 0.3) is 11.0 Å². The topological polar surface area (TPSA) is 51.9 Å². The maximum absolute atomic E-state index is 13.2. The van der Waals surface area contributed by atoms with Crippen LogP contribution in [-0.2, 0) is 9.47 Å². The predicted octanol–water partition coefficient (Wildman–Crippen LogP) is 3.40. The smallest absolute Gasteiger partial charge is 0.289 e. The Morgan fingerprint density at radius 1 is 1.40 bits per heavy atom. The Hall–Kier alpha value is -1.85. The SMILES string of the molecule is COC[C@]12CCCO[C@@H]1CCN(C(=O)c1oc3ccccc3c1C)C2. The first-order valence-corrected chi connectivity index (χ1v) is 9.02. The molecule has 3 heterocycles. The van der Waals surface area contributed by atoms with Crippen molar-refractivity contribution in [2.24, 2.45) is 5.41 Å². The summed E-state index contributed by atoms with van der Waals surface area (Å²) in [4.78, 5) is 15.1. The molecule has 25 heavy (non-hydrogen) atoms. The van der Waals surface area contributed by atoms with E-state index in [1.54, 1.807) is 7.11 Å². The lowest BCUT2D eigenvalue weighted by atomic mass is 9.73. The van der Waals surface area contributed by atoms with Gasteiger partial charge in [0.1, 0.15) is 5.58 Å². The Kier molecular flexibility index (Phi) is 4.29. The molecule has 0 saturated carbocycles. The molecule has 1 aromatic carbocycles. The fourth-order valence-electron chi connectivity index (χ4n) is 4.48. The van der Waals surface area contributed by atoms with Crippen LogP contribution in [0.1, 0.15) is 35.4 Å². The van der Waals surface area contributed by atoms with Crippen molar-refractivity contribution in [2.45, 2.75) is 32.3 Å². The monoisotopic (exact) mass is 343 g/mol. The minimum absolute atomic E-state index is 0.0202. The number of carbonyl (C=O) groups excluding carboxylic acids is 1. The molecule has 5 heteroatoms. The minimum Gasteiger partial charge on any atom is -0.451 e. The molecule has 0 radical (unpaired) electrons. The van der Waals surface area contributed by atoms with E-state index in [1.165, 1.54) is 0 Å². The second-order valence-corrected chi connectivity index (χ2v) is 7.33. The van der Waals surface area contributed by atoms with Crippen molar-refractivity contribution in [2.75, 3.05) is 33.4 Å². The van der Waals surface area contributed by atoms with Gasteiger partial charge in [-0.3, -0.25) is 4.79 Å². The fourth-order valence-corrected chi connectivity index (χ4v) is 4.48. The molecule has 5 nitrogen and oxygen atoms in total. The Balaban J connectivity index is 1.62. The zero-order valence-corrected chi connectivity index (χ0v) is 14.9. The van der Waals surface area contributed by atoms with E-state index in [2.05, 4.69) is 0 Å². The number of furan rings is 1. The van der Waals surface area contributed by atoms with Gasteiger partial charge in [0, 0.05) is 43.2 Å². The lowest BCUT2D eigenvalue weighted by Crippen LogP contribution is -2.58. The number of methoxy groups -OCH3 is 1. The fraction of sp³-hybridized carbons (Fsp3) is 0.550. The summed E-state index contributed by atoms with van der Waals surface area (Å²) in [6, 6.07) is 7.81. The van der Waals surface area contributed by atoms with E-state index >= 15 is 0 Å². The zero-order valence-electron chi connectivity index (χ0n) is 14.9. The summed E-state index contributed by atoms with van der Waals surface area (Å²) in [6.07, 6.45) is 3.09. The number of likely N-dealkylation sites (tertiary alicyclic amines) is 1. The predicted molar refractivity (Wildman–Crippen MR) is 94.8 cm³/mol. The average molecular weight is 343 g/mol. The van der Waals surface area contributed by atoms with Crippen LogP contribution in [0.5, 0.6) is 0 Å². The van der Waals surface area contributed by atoms with Crippen molar-refractivity contribution in [1.82, 2.24) is 4.90 Å². The number of para-hydroxylation sites is 1. The molecule has 134 valence electrons. The largest absolute Gasteiger partial charge is 0.451 e. The van der Waals surface area contributed by atoms with Crippen molar-refractivity contribution >= 4 is 16.9 Å². The van der Waals surface area contributed by atoms with Gasteiger partial charge in [-0.2, -0.15) is 0 Å². The zero-order chi connectivity index (χ0) is 17.4. The molecule has 0 aliphatic carbocycles. The molecular formula is C20H25NO4. The highest BCUT2D eigenvalue weighted by molar-refractivity contribution is 5.99. The van der Waals surface area contributed by atoms with Crippen molar-refractivity contribution < 1.29 is 18.7 Å². The third kappa shape index (κ3) is 2.75. The standard InChI is InChI=1S/C20H25NO4/c1-14-15-6-3-4-7-16(15)25-18(14)19(22)21-10-8-17-20(12-21,13-23-2)9-5-11-24-17/h3-4,6-7,17H,5,8-13H2,1-2H3/t17-,20-/m1/s1. The molecule has 2 saturated heterocycles. The molecule has 1 amide bonds. The second-order valence-electron chi connectivity index (χ2n) is 7.33. The number of aryl methyl sites for hydroxylation is 1. The Morgan fingerprint density at radius 2 is 2.24 bits per heavy atom. The van der Waals surface area contributed by atoms with Gasteiger partial charge in [-0.1, -0.05) is 18.2 Å². The van der Waals surface area contributed by atoms with Gasteiger partial charge < -0.3 is 18.8 Å². The molecule has 0 spiro atoms. The van der Waals surface area contributed by atoms with Gasteiger partial charge in [0.05, 0.1) is 12.7 Å². The molecule has 4 rings (SSSR count). The van der Waals surface area contributed by atoms with Crippen LogP contribution in [0, 0.1) is 12.3 Å². The summed E-state index contributed by atoms with van der Waals surface area (Å²) in [6.45, 7) is 4.76. The number of piperidine rings is 1. The number of fused-ring (bicyclic) bond motifs is 2. The summed E-state index contributed by atoms with van der Waals surface area (Å²) in [5, 5.41) is 1.01. The highest BCUT2D eigenvalue weighted by Gasteiger charge is 2.47. The van der Waals surface area contributed by atoms with Crippen LogP contribution in [0.2, 0.25) is 0 Å². The molecule has 2 aromatic rings. The first-order valence-electron chi connectivity index (χ1n) is 9.02. The van der Waals surface area contributed by atoms with Crippen molar-refractivity contribution in [3.05, 3.63) is 35.6 Å². The Labute approximate surface area is 147 Å². The molecule has 2 fully saturated rings. The van der Waals surface area contributed by atoms with Gasteiger partial charge in [-0.15, -0.1) is 0 Å². The number of rotatable bonds is 3. The third-order valence-electron chi connectivity index (χ3n) is 5.74. The lowest BCUT2D eigenvalue weighted by Gasteiger charge is -2.50. The normalized spacial score (nSPS) is 26.6. The number of carbonyl (C=O) groups is 1. The van der Waals surface area contributed by atoms with Crippen molar-refractivity contribution in [1.29, 1.82) is 0 Å². The van der Waals surface area contributed by atoms with Crippen LogP contribution in [0.4, 0.5) is 0 Å². The maximum atomic E-state index is 13.2. The third-order valence-corrected chi connectivity index (χ3v) is 5.74. The molecule has 2 atom stereocenters. The number of hydrogen-bond donors (Lipinski definition) is 0. The van der Waals surface area contributed by atoms with Crippen LogP contribution < -0.4 is 0 Å². The maximum Gasteiger partial charge on any atom is 0.289 e. The first-order chi connectivity index (χ1) is 12.1. The molecular weight excluding hydrogens is 318 g/mol. The van der Waals surface area contributed by atoms with Crippen molar-refractivity contribution in [3.8, 4) is 0 Å². The number of ether oxygens (including phenoxy) is 2. The van der Waals surface area contributed by atoms with Gasteiger partial charge in [0.2, 0.25) is 0 Å². The lowest BCUT2D eigenvalue weighted by molar-refractivity contribution is -0.142. The van der Waals surface area contributed by atoms with Crippen LogP contribution >= 0.6 is 0 Å². The van der Waals surface area contributed by atoms with E-state index in [1.807, 2.05) is 36.1 Å². The van der Waals surface area contributed by atoms with E-state index in [9.17, 15) is 4.79 Å². The second kappa shape index (κ2) is 6.46. The van der Waals surface area contributed by atoms with E-state index in [4.69, 9.17) is 13.9 Å². The van der Waals surface area contributed by atoms with Gasteiger partial charge in [0.25, 0.3) is 5.91 Å². The summed E-state index contributed by atoms with van der Waals surface area (Å²) in [7, 11) is 1.73. The van der Waals surface area contributed by atoms with Gasteiger partial charge in [-0.05, 0) is 32.3 Å². The van der Waals surface area contributed by atoms with Gasteiger partial charge >= 0.3 is 0 Å². The van der Waals surface area contributed by atoms with E-state index in [0.717, 1.165) is 42.4 Å². The van der Waals surface area contributed by atoms with Crippen molar-refractivity contribution in [3.63, 3.8) is 0 Å². The quantitative estimate of drug-likeness (QED) is 0.857. The summed E-state index contributed by atoms with van der Waals surface area (Å²) in [5.74, 6) is 0.442. The molecule has 2 aliphatic rings. The van der Waals surface area contributed by atoms with Gasteiger partial charge in [-0.25, -0.2) is 0 Å². The molecule has 0 bridgehead atoms. The number of amides is 1. The highest BCUT2D eigenvalue weighted by atomic mass is 16.5. The van der Waals surface area contributed by atoms with E-state index in [-0.39, 0.29) is 17.4 Å². The van der Waals surface area contributed by atoms with E-state index < -0.39 is 0 Å². The summed E-state index contributed by atoms with van der Waals surface area (Å²) in [5.41, 5.74) is 1.59. The first kappa shape index (κ1) is 16.6. The Morgan fingerprint density at radius 3 is 3.04 bits per heavy atom. The minimum atomic E-state index is -0.0964. The highest BCUT2D eigenvalue weighted by Crippen LogP contribution is 2.41. The molecule has 0 unspecified atom stereocenters. The van der Waals surface area contributed by atoms with Crippen LogP contribution in [0.15, 0.2) is 28.7 Å². The summed E-state index contributed by atoms with van der Waals surface area (Å²) >= 11 is 0. The number of benzene rings is 1. The Bertz CT molecular complexity index is 779.